The van der Waals surface area contributed by atoms with E-state index in [1.807, 2.05) is 6.07 Å². The van der Waals surface area contributed by atoms with Crippen LogP contribution in [0.3, 0.4) is 0 Å². The summed E-state index contributed by atoms with van der Waals surface area (Å²) in [6.07, 6.45) is 1.02. The van der Waals surface area contributed by atoms with Crippen LogP contribution in [0.4, 0.5) is 10.1 Å². The molecule has 2 rings (SSSR count). The second-order valence-corrected chi connectivity index (χ2v) is 5.10. The molecule has 1 aromatic carbocycles. The molecule has 4 heteroatoms. The largest absolute Gasteiger partial charge is 0.379 e. The number of halogens is 1. The Balaban J connectivity index is 2.11. The number of hydrogen-bond acceptors (Lipinski definition) is 3. The second-order valence-electron chi connectivity index (χ2n) is 3.85. The zero-order valence-corrected chi connectivity index (χ0v) is 10.9. The summed E-state index contributed by atoms with van der Waals surface area (Å²) in [6.45, 7) is 2.73. The van der Waals surface area contributed by atoms with E-state index in [1.54, 1.807) is 23.5 Å². The lowest BCUT2D eigenvalue weighted by Crippen LogP contribution is -2.01. The van der Waals surface area contributed by atoms with Crippen molar-refractivity contribution in [3.63, 3.8) is 0 Å². The van der Waals surface area contributed by atoms with Crippen molar-refractivity contribution in [2.75, 3.05) is 5.32 Å². The Labute approximate surface area is 110 Å². The standard InChI is InChI=1S/C14H13FN2S/c1-2-10-6-7-11(18-10)9-17-14-5-3-4-13(15)12(14)8-16/h3-7,17H,2,9H2,1H3. The van der Waals surface area contributed by atoms with E-state index in [2.05, 4.69) is 24.4 Å². The van der Waals surface area contributed by atoms with Crippen molar-refractivity contribution in [1.82, 2.24) is 0 Å². The van der Waals surface area contributed by atoms with Crippen LogP contribution in [0.2, 0.25) is 0 Å². The Morgan fingerprint density at radius 2 is 2.06 bits per heavy atom. The number of benzene rings is 1. The van der Waals surface area contributed by atoms with Crippen LogP contribution in [0.5, 0.6) is 0 Å². The molecule has 0 saturated carbocycles. The summed E-state index contributed by atoms with van der Waals surface area (Å²) in [6, 6.07) is 10.7. The summed E-state index contributed by atoms with van der Waals surface area (Å²) in [5.74, 6) is -0.483. The SMILES string of the molecule is CCc1ccc(CNc2cccc(F)c2C#N)s1. The van der Waals surface area contributed by atoms with E-state index in [-0.39, 0.29) is 5.56 Å². The minimum atomic E-state index is -0.483. The summed E-state index contributed by atoms with van der Waals surface area (Å²) >= 11 is 1.73. The van der Waals surface area contributed by atoms with E-state index < -0.39 is 5.82 Å². The molecule has 0 radical (unpaired) electrons. The molecule has 1 aromatic heterocycles. The number of nitriles is 1. The van der Waals surface area contributed by atoms with Crippen LogP contribution < -0.4 is 5.32 Å². The number of rotatable bonds is 4. The van der Waals surface area contributed by atoms with E-state index in [0.717, 1.165) is 6.42 Å². The van der Waals surface area contributed by atoms with Gasteiger partial charge in [0, 0.05) is 16.3 Å². The van der Waals surface area contributed by atoms with E-state index in [9.17, 15) is 4.39 Å². The summed E-state index contributed by atoms with van der Waals surface area (Å²) in [5, 5.41) is 12.0. The molecule has 2 aromatic rings. The van der Waals surface area contributed by atoms with Crippen molar-refractivity contribution in [3.8, 4) is 6.07 Å². The smallest absolute Gasteiger partial charge is 0.143 e. The maximum absolute atomic E-state index is 13.4. The third kappa shape index (κ3) is 2.69. The molecule has 0 unspecified atom stereocenters. The molecule has 0 fully saturated rings. The molecule has 92 valence electrons. The molecule has 0 aliphatic carbocycles. The molecule has 0 amide bonds. The quantitative estimate of drug-likeness (QED) is 0.904. The van der Waals surface area contributed by atoms with Gasteiger partial charge in [0.1, 0.15) is 17.4 Å². The van der Waals surface area contributed by atoms with Crippen LogP contribution in [-0.2, 0) is 13.0 Å². The monoisotopic (exact) mass is 260 g/mol. The molecule has 0 atom stereocenters. The number of aryl methyl sites for hydroxylation is 1. The van der Waals surface area contributed by atoms with Crippen molar-refractivity contribution in [2.45, 2.75) is 19.9 Å². The normalized spacial score (nSPS) is 10.1. The first-order valence-corrected chi connectivity index (χ1v) is 6.56. The van der Waals surface area contributed by atoms with Crippen LogP contribution in [0.1, 0.15) is 22.2 Å². The van der Waals surface area contributed by atoms with Crippen LogP contribution in [-0.4, -0.2) is 0 Å². The lowest BCUT2D eigenvalue weighted by Gasteiger charge is -2.07. The first-order chi connectivity index (χ1) is 8.74. The van der Waals surface area contributed by atoms with Crippen molar-refractivity contribution >= 4 is 17.0 Å². The Bertz CT molecular complexity index is 584. The minimum Gasteiger partial charge on any atom is -0.379 e. The van der Waals surface area contributed by atoms with Crippen molar-refractivity contribution in [1.29, 1.82) is 5.26 Å². The topological polar surface area (TPSA) is 35.8 Å². The maximum Gasteiger partial charge on any atom is 0.143 e. The summed E-state index contributed by atoms with van der Waals surface area (Å²) < 4.78 is 13.4. The first kappa shape index (κ1) is 12.6. The molecule has 0 aliphatic heterocycles. The van der Waals surface area contributed by atoms with Gasteiger partial charge in [-0.05, 0) is 30.7 Å². The summed E-state index contributed by atoms with van der Waals surface area (Å²) in [5.41, 5.74) is 0.619. The summed E-state index contributed by atoms with van der Waals surface area (Å²) in [4.78, 5) is 2.51. The van der Waals surface area contributed by atoms with Gasteiger partial charge in [-0.3, -0.25) is 0 Å². The van der Waals surface area contributed by atoms with Gasteiger partial charge in [-0.2, -0.15) is 5.26 Å². The van der Waals surface area contributed by atoms with Gasteiger partial charge in [-0.25, -0.2) is 4.39 Å². The van der Waals surface area contributed by atoms with Crippen LogP contribution in [0.15, 0.2) is 30.3 Å². The van der Waals surface area contributed by atoms with Gasteiger partial charge < -0.3 is 5.32 Å². The van der Waals surface area contributed by atoms with Gasteiger partial charge in [0.05, 0.1) is 5.69 Å². The summed E-state index contributed by atoms with van der Waals surface area (Å²) in [7, 11) is 0. The highest BCUT2D eigenvalue weighted by Crippen LogP contribution is 2.21. The van der Waals surface area contributed by atoms with Crippen LogP contribution in [0, 0.1) is 17.1 Å². The average molecular weight is 260 g/mol. The Morgan fingerprint density at radius 1 is 1.28 bits per heavy atom. The van der Waals surface area contributed by atoms with E-state index in [4.69, 9.17) is 5.26 Å². The highest BCUT2D eigenvalue weighted by atomic mass is 32.1. The molecular formula is C14H13FN2S. The fourth-order valence-corrected chi connectivity index (χ4v) is 2.57. The molecule has 0 bridgehead atoms. The van der Waals surface area contributed by atoms with Gasteiger partial charge in [-0.15, -0.1) is 11.3 Å². The number of anilines is 1. The van der Waals surface area contributed by atoms with Gasteiger partial charge in [0.15, 0.2) is 0 Å². The third-order valence-electron chi connectivity index (χ3n) is 2.64. The average Bonchev–Trinajstić information content (AvgIpc) is 2.84. The minimum absolute atomic E-state index is 0.0739. The fraction of sp³-hybridized carbons (Fsp3) is 0.214. The van der Waals surface area contributed by atoms with Crippen molar-refractivity contribution < 1.29 is 4.39 Å². The number of nitrogens with zero attached hydrogens (tertiary/aromatic N) is 1. The third-order valence-corrected chi connectivity index (χ3v) is 3.87. The Kier molecular flexibility index (Phi) is 3.96. The maximum atomic E-state index is 13.4. The Morgan fingerprint density at radius 3 is 2.72 bits per heavy atom. The molecule has 1 heterocycles. The van der Waals surface area contributed by atoms with E-state index >= 15 is 0 Å². The van der Waals surface area contributed by atoms with E-state index in [1.165, 1.54) is 15.8 Å². The first-order valence-electron chi connectivity index (χ1n) is 5.74. The zero-order valence-electron chi connectivity index (χ0n) is 10.0. The molecule has 0 saturated heterocycles. The number of hydrogen-bond donors (Lipinski definition) is 1. The van der Waals surface area contributed by atoms with E-state index in [0.29, 0.717) is 12.2 Å². The Hall–Kier alpha value is -1.86. The van der Waals surface area contributed by atoms with Crippen LogP contribution in [0.25, 0.3) is 0 Å². The second kappa shape index (κ2) is 5.65. The van der Waals surface area contributed by atoms with Crippen molar-refractivity contribution in [2.24, 2.45) is 0 Å². The van der Waals surface area contributed by atoms with Crippen LogP contribution >= 0.6 is 11.3 Å². The molecule has 0 aliphatic rings. The predicted octanol–water partition coefficient (Wildman–Crippen LogP) is 3.93. The highest BCUT2D eigenvalue weighted by molar-refractivity contribution is 7.12. The zero-order chi connectivity index (χ0) is 13.0. The number of nitrogens with one attached hydrogen (secondary N) is 1. The molecule has 0 spiro atoms. The van der Waals surface area contributed by atoms with Gasteiger partial charge in [-0.1, -0.05) is 13.0 Å². The molecule has 1 N–H and O–H groups in total. The predicted molar refractivity (Wildman–Crippen MR) is 72.1 cm³/mol. The highest BCUT2D eigenvalue weighted by Gasteiger charge is 2.07. The molecule has 2 nitrogen and oxygen atoms in total. The lowest BCUT2D eigenvalue weighted by molar-refractivity contribution is 0.624. The van der Waals surface area contributed by atoms with Crippen molar-refractivity contribution in [3.05, 3.63) is 51.5 Å². The van der Waals surface area contributed by atoms with Gasteiger partial charge in [0.25, 0.3) is 0 Å². The lowest BCUT2D eigenvalue weighted by atomic mass is 10.2. The number of thiophene rings is 1. The molecule has 18 heavy (non-hydrogen) atoms. The van der Waals surface area contributed by atoms with Gasteiger partial charge in [0.2, 0.25) is 0 Å². The molecular weight excluding hydrogens is 247 g/mol. The fourth-order valence-electron chi connectivity index (χ4n) is 1.67. The van der Waals surface area contributed by atoms with Gasteiger partial charge >= 0.3 is 0 Å².